The number of hydrogen-bond acceptors (Lipinski definition) is 6. The fraction of sp³-hybridized carbons (Fsp3) is 0.500. The van der Waals surface area contributed by atoms with Crippen molar-refractivity contribution in [2.24, 2.45) is 0 Å². The number of aromatic amines is 1. The highest BCUT2D eigenvalue weighted by atomic mass is 32.2. The first-order chi connectivity index (χ1) is 7.43. The molecule has 1 aromatic rings. The molecule has 0 fully saturated rings. The van der Waals surface area contributed by atoms with E-state index in [2.05, 4.69) is 9.97 Å². The Balaban J connectivity index is 2.59. The molecule has 0 spiro atoms. The van der Waals surface area contributed by atoms with Crippen LogP contribution in [0.15, 0.2) is 16.0 Å². The van der Waals surface area contributed by atoms with E-state index in [9.17, 15) is 13.2 Å². The van der Waals surface area contributed by atoms with Gasteiger partial charge in [-0.3, -0.25) is 4.79 Å². The highest BCUT2D eigenvalue weighted by molar-refractivity contribution is 8.00. The average molecular weight is 263 g/mol. The van der Waals surface area contributed by atoms with Gasteiger partial charge < -0.3 is 10.7 Å². The SMILES string of the molecule is CCS(=O)(=O)CCSc1nc(N)cc(=O)[nH]1. The summed E-state index contributed by atoms with van der Waals surface area (Å²) in [5, 5.41) is 0.344. The summed E-state index contributed by atoms with van der Waals surface area (Å²) in [6, 6.07) is 1.17. The van der Waals surface area contributed by atoms with Crippen LogP contribution in [-0.4, -0.2) is 35.6 Å². The molecule has 90 valence electrons. The summed E-state index contributed by atoms with van der Waals surface area (Å²) in [5.41, 5.74) is 5.04. The summed E-state index contributed by atoms with van der Waals surface area (Å²) in [7, 11) is -2.98. The summed E-state index contributed by atoms with van der Waals surface area (Å²) < 4.78 is 22.4. The number of H-pyrrole nitrogens is 1. The van der Waals surface area contributed by atoms with Gasteiger partial charge in [-0.05, 0) is 0 Å². The van der Waals surface area contributed by atoms with Crippen molar-refractivity contribution >= 4 is 27.4 Å². The molecule has 0 radical (unpaired) electrons. The lowest BCUT2D eigenvalue weighted by atomic mass is 10.6. The molecule has 0 aromatic carbocycles. The highest BCUT2D eigenvalue weighted by Crippen LogP contribution is 2.12. The number of nitrogens with one attached hydrogen (secondary N) is 1. The number of hydrogen-bond donors (Lipinski definition) is 2. The third-order valence-electron chi connectivity index (χ3n) is 1.81. The Hall–Kier alpha value is -1.02. The molecule has 0 saturated carbocycles. The molecule has 3 N–H and O–H groups in total. The molecule has 1 rings (SSSR count). The van der Waals surface area contributed by atoms with Gasteiger partial charge in [0.2, 0.25) is 0 Å². The van der Waals surface area contributed by atoms with Crippen molar-refractivity contribution in [2.75, 3.05) is 23.0 Å². The minimum Gasteiger partial charge on any atom is -0.383 e. The van der Waals surface area contributed by atoms with Crippen LogP contribution in [0.1, 0.15) is 6.92 Å². The summed E-state index contributed by atoms with van der Waals surface area (Å²) >= 11 is 1.17. The van der Waals surface area contributed by atoms with Gasteiger partial charge in [0.05, 0.1) is 5.75 Å². The van der Waals surface area contributed by atoms with Gasteiger partial charge in [0.1, 0.15) is 5.82 Å². The molecule has 0 aliphatic carbocycles. The van der Waals surface area contributed by atoms with Gasteiger partial charge >= 0.3 is 0 Å². The van der Waals surface area contributed by atoms with Crippen molar-refractivity contribution in [3.63, 3.8) is 0 Å². The molecular weight excluding hydrogens is 250 g/mol. The normalized spacial score (nSPS) is 11.6. The molecule has 0 bridgehead atoms. The van der Waals surface area contributed by atoms with Crippen LogP contribution in [0.3, 0.4) is 0 Å². The van der Waals surface area contributed by atoms with E-state index in [0.717, 1.165) is 0 Å². The maximum absolute atomic E-state index is 11.2. The zero-order valence-electron chi connectivity index (χ0n) is 8.76. The van der Waals surface area contributed by atoms with Gasteiger partial charge in [0, 0.05) is 17.6 Å². The lowest BCUT2D eigenvalue weighted by Gasteiger charge is -2.01. The molecule has 8 heteroatoms. The first-order valence-corrected chi connectivity index (χ1v) is 7.43. The Morgan fingerprint density at radius 2 is 2.25 bits per heavy atom. The van der Waals surface area contributed by atoms with Gasteiger partial charge in [-0.15, -0.1) is 0 Å². The van der Waals surface area contributed by atoms with E-state index in [1.54, 1.807) is 6.92 Å². The Bertz CT molecular complexity index is 510. The van der Waals surface area contributed by atoms with E-state index in [4.69, 9.17) is 5.73 Å². The molecule has 0 aliphatic heterocycles. The molecule has 1 heterocycles. The van der Waals surface area contributed by atoms with Crippen LogP contribution in [0.2, 0.25) is 0 Å². The average Bonchev–Trinajstić information content (AvgIpc) is 2.16. The number of nitrogens with zero attached hydrogens (tertiary/aromatic N) is 1. The van der Waals surface area contributed by atoms with E-state index >= 15 is 0 Å². The van der Waals surface area contributed by atoms with E-state index < -0.39 is 9.84 Å². The largest absolute Gasteiger partial charge is 0.383 e. The molecule has 0 amide bonds. The number of aromatic nitrogens is 2. The zero-order chi connectivity index (χ0) is 12.2. The van der Waals surface area contributed by atoms with E-state index in [1.807, 2.05) is 0 Å². The first kappa shape index (κ1) is 13.0. The molecule has 0 aliphatic rings. The Morgan fingerprint density at radius 1 is 1.56 bits per heavy atom. The minimum absolute atomic E-state index is 0.0622. The van der Waals surface area contributed by atoms with Crippen LogP contribution in [0, 0.1) is 0 Å². The fourth-order valence-electron chi connectivity index (χ4n) is 0.931. The highest BCUT2D eigenvalue weighted by Gasteiger charge is 2.08. The zero-order valence-corrected chi connectivity index (χ0v) is 10.4. The van der Waals surface area contributed by atoms with Crippen molar-refractivity contribution in [3.05, 3.63) is 16.4 Å². The van der Waals surface area contributed by atoms with E-state index in [0.29, 0.717) is 10.9 Å². The van der Waals surface area contributed by atoms with Crippen molar-refractivity contribution in [1.82, 2.24) is 9.97 Å². The molecule has 16 heavy (non-hydrogen) atoms. The van der Waals surface area contributed by atoms with Gasteiger partial charge in [-0.2, -0.15) is 0 Å². The van der Waals surface area contributed by atoms with Crippen LogP contribution in [0.5, 0.6) is 0 Å². The third kappa shape index (κ3) is 4.23. The smallest absolute Gasteiger partial charge is 0.253 e. The number of nitrogens with two attached hydrogens (primary N) is 1. The van der Waals surface area contributed by atoms with E-state index in [1.165, 1.54) is 17.8 Å². The number of nitrogen functional groups attached to an aromatic ring is 1. The summed E-state index contributed by atoms with van der Waals surface area (Å²) in [6.07, 6.45) is 0. The van der Waals surface area contributed by atoms with Crippen molar-refractivity contribution in [2.45, 2.75) is 12.1 Å². The molecular formula is C8H13N3O3S2. The Labute approximate surface area is 97.6 Å². The van der Waals surface area contributed by atoms with Crippen LogP contribution < -0.4 is 11.3 Å². The minimum atomic E-state index is -2.98. The molecule has 0 unspecified atom stereocenters. The van der Waals surface area contributed by atoms with Gasteiger partial charge in [-0.1, -0.05) is 18.7 Å². The molecule has 0 saturated heterocycles. The summed E-state index contributed by atoms with van der Waals surface area (Å²) in [4.78, 5) is 17.4. The van der Waals surface area contributed by atoms with Crippen molar-refractivity contribution in [3.8, 4) is 0 Å². The predicted molar refractivity (Wildman–Crippen MR) is 64.3 cm³/mol. The van der Waals surface area contributed by atoms with Crippen molar-refractivity contribution < 1.29 is 8.42 Å². The molecule has 1 aromatic heterocycles. The fourth-order valence-corrected chi connectivity index (χ4v) is 3.11. The van der Waals surface area contributed by atoms with Crippen LogP contribution in [0.4, 0.5) is 5.82 Å². The van der Waals surface area contributed by atoms with E-state index in [-0.39, 0.29) is 22.9 Å². The van der Waals surface area contributed by atoms with Gasteiger partial charge in [0.15, 0.2) is 15.0 Å². The quantitative estimate of drug-likeness (QED) is 0.566. The van der Waals surface area contributed by atoms with Gasteiger partial charge in [0.25, 0.3) is 5.56 Å². The standard InChI is InChI=1S/C8H13N3O3S2/c1-2-16(13,14)4-3-15-8-10-6(9)5-7(12)11-8/h5H,2-4H2,1H3,(H3,9,10,11,12). The number of rotatable bonds is 5. The first-order valence-electron chi connectivity index (χ1n) is 4.63. The molecule has 6 nitrogen and oxygen atoms in total. The summed E-state index contributed by atoms with van der Waals surface area (Å²) in [6.45, 7) is 1.60. The number of thioether (sulfide) groups is 1. The third-order valence-corrected chi connectivity index (χ3v) is 4.65. The molecule has 0 atom stereocenters. The lowest BCUT2D eigenvalue weighted by Crippen LogP contribution is -2.12. The second-order valence-electron chi connectivity index (χ2n) is 3.06. The number of sulfone groups is 1. The number of anilines is 1. The second kappa shape index (κ2) is 5.35. The second-order valence-corrected chi connectivity index (χ2v) is 6.62. The lowest BCUT2D eigenvalue weighted by molar-refractivity contribution is 0.599. The maximum Gasteiger partial charge on any atom is 0.253 e. The van der Waals surface area contributed by atoms with Crippen LogP contribution in [-0.2, 0) is 9.84 Å². The predicted octanol–water partition coefficient (Wildman–Crippen LogP) is -0.121. The van der Waals surface area contributed by atoms with Crippen LogP contribution in [0.25, 0.3) is 0 Å². The van der Waals surface area contributed by atoms with Crippen LogP contribution >= 0.6 is 11.8 Å². The maximum atomic E-state index is 11.2. The topological polar surface area (TPSA) is 106 Å². The van der Waals surface area contributed by atoms with Gasteiger partial charge in [-0.25, -0.2) is 13.4 Å². The monoisotopic (exact) mass is 263 g/mol. The Morgan fingerprint density at radius 3 is 2.81 bits per heavy atom. The van der Waals surface area contributed by atoms with Crippen molar-refractivity contribution in [1.29, 1.82) is 0 Å². The Kier molecular flexibility index (Phi) is 4.36. The summed E-state index contributed by atoms with van der Waals surface area (Å²) in [5.74, 6) is 0.661.